The zero-order valence-electron chi connectivity index (χ0n) is 11.6. The number of anilines is 1. The van der Waals surface area contributed by atoms with Crippen LogP contribution in [0.3, 0.4) is 0 Å². The Bertz CT molecular complexity index is 593. The maximum absolute atomic E-state index is 12.0. The van der Waals surface area contributed by atoms with E-state index in [9.17, 15) is 9.59 Å². The summed E-state index contributed by atoms with van der Waals surface area (Å²) >= 11 is 5.94. The number of ether oxygens (including phenoxy) is 1. The number of halogens is 1. The lowest BCUT2D eigenvalue weighted by Gasteiger charge is -2.10. The molecule has 1 rings (SSSR count). The number of amides is 1. The number of carbonyl (C=O) groups is 2. The van der Waals surface area contributed by atoms with Gasteiger partial charge in [-0.3, -0.25) is 9.59 Å². The number of nitrogens with zero attached hydrogens (tertiary/aromatic N) is 1. The van der Waals surface area contributed by atoms with Crippen molar-refractivity contribution >= 4 is 29.0 Å². The zero-order valence-corrected chi connectivity index (χ0v) is 12.3. The molecule has 0 radical (unpaired) electrons. The number of Topliss-reactive ketones (excluding diaryl/α,β-unsaturated/α-hetero) is 1. The quantitative estimate of drug-likeness (QED) is 0.620. The van der Waals surface area contributed by atoms with E-state index in [-0.39, 0.29) is 6.42 Å². The minimum Gasteiger partial charge on any atom is -0.495 e. The van der Waals surface area contributed by atoms with Gasteiger partial charge in [-0.1, -0.05) is 17.7 Å². The van der Waals surface area contributed by atoms with Crippen LogP contribution in [-0.2, 0) is 9.59 Å². The average molecular weight is 307 g/mol. The summed E-state index contributed by atoms with van der Waals surface area (Å²) in [6.45, 7) is 3.49. The van der Waals surface area contributed by atoms with Crippen molar-refractivity contribution in [3.8, 4) is 11.8 Å². The lowest BCUT2D eigenvalue weighted by Crippen LogP contribution is -2.28. The molecule has 6 heteroatoms. The van der Waals surface area contributed by atoms with Gasteiger partial charge in [0.25, 0.3) is 0 Å². The number of hydrogen-bond acceptors (Lipinski definition) is 4. The largest absolute Gasteiger partial charge is 0.495 e. The van der Waals surface area contributed by atoms with Gasteiger partial charge >= 0.3 is 0 Å². The number of carbonyl (C=O) groups excluding carboxylic acids is 2. The highest BCUT2D eigenvalue weighted by Gasteiger charge is 2.25. The number of hydrogen-bond donors (Lipinski definition) is 1. The molecule has 110 valence electrons. The van der Waals surface area contributed by atoms with Crippen LogP contribution in [0.1, 0.15) is 12.8 Å². The molecule has 0 spiro atoms. The molecule has 0 aromatic heterocycles. The highest BCUT2D eigenvalue weighted by molar-refractivity contribution is 6.32. The fraction of sp³-hybridized carbons (Fsp3) is 0.267. The standard InChI is InChI=1S/C15H15ClN2O3/c1-3-4-5-13(19)11(9-17)15(20)18-10-6-7-14(21-2)12(16)8-10/h3,6-8,11H,1,4-5H2,2H3,(H,18,20). The van der Waals surface area contributed by atoms with Crippen LogP contribution in [0.15, 0.2) is 30.9 Å². The molecule has 0 aliphatic carbocycles. The van der Waals surface area contributed by atoms with Gasteiger partial charge in [0.05, 0.1) is 18.2 Å². The van der Waals surface area contributed by atoms with Crippen LogP contribution in [0.2, 0.25) is 5.02 Å². The van der Waals surface area contributed by atoms with Crippen LogP contribution in [0.25, 0.3) is 0 Å². The Morgan fingerprint density at radius 2 is 2.29 bits per heavy atom. The van der Waals surface area contributed by atoms with E-state index in [1.807, 2.05) is 0 Å². The molecule has 1 aromatic carbocycles. The molecule has 5 nitrogen and oxygen atoms in total. The number of allylic oxidation sites excluding steroid dienone is 1. The van der Waals surface area contributed by atoms with Crippen LogP contribution in [0, 0.1) is 17.2 Å². The lowest BCUT2D eigenvalue weighted by atomic mass is 10.0. The van der Waals surface area contributed by atoms with E-state index in [4.69, 9.17) is 21.6 Å². The molecule has 0 fully saturated rings. The molecular weight excluding hydrogens is 292 g/mol. The summed E-state index contributed by atoms with van der Waals surface area (Å²) in [5, 5.41) is 11.8. The maximum Gasteiger partial charge on any atom is 0.249 e. The second-order valence-electron chi connectivity index (χ2n) is 4.19. The molecule has 0 saturated carbocycles. The molecule has 1 N–H and O–H groups in total. The number of methoxy groups -OCH3 is 1. The highest BCUT2D eigenvalue weighted by atomic mass is 35.5. The molecule has 1 unspecified atom stereocenters. The summed E-state index contributed by atoms with van der Waals surface area (Å²) in [4.78, 5) is 23.7. The van der Waals surface area contributed by atoms with Crippen molar-refractivity contribution in [2.24, 2.45) is 5.92 Å². The predicted octanol–water partition coefficient (Wildman–Crippen LogP) is 2.96. The van der Waals surface area contributed by atoms with Crippen molar-refractivity contribution in [2.75, 3.05) is 12.4 Å². The Morgan fingerprint density at radius 3 is 2.81 bits per heavy atom. The summed E-state index contributed by atoms with van der Waals surface area (Å²) in [7, 11) is 1.48. The molecule has 1 amide bonds. The van der Waals surface area contributed by atoms with Crippen LogP contribution in [0.5, 0.6) is 5.75 Å². The minimum absolute atomic E-state index is 0.110. The number of rotatable bonds is 7. The van der Waals surface area contributed by atoms with Crippen molar-refractivity contribution < 1.29 is 14.3 Å². The third-order valence-corrected chi connectivity index (χ3v) is 3.02. The summed E-state index contributed by atoms with van der Waals surface area (Å²) in [6.07, 6.45) is 2.10. The Balaban J connectivity index is 2.79. The van der Waals surface area contributed by atoms with Gasteiger partial charge in [-0.15, -0.1) is 6.58 Å². The lowest BCUT2D eigenvalue weighted by molar-refractivity contribution is -0.128. The Hall–Kier alpha value is -2.32. The first kappa shape index (κ1) is 16.7. The highest BCUT2D eigenvalue weighted by Crippen LogP contribution is 2.27. The van der Waals surface area contributed by atoms with E-state index < -0.39 is 17.6 Å². The average Bonchev–Trinajstić information content (AvgIpc) is 2.46. The molecule has 0 bridgehead atoms. The summed E-state index contributed by atoms with van der Waals surface area (Å²) < 4.78 is 5.00. The summed E-state index contributed by atoms with van der Waals surface area (Å²) in [6, 6.07) is 6.36. The predicted molar refractivity (Wildman–Crippen MR) is 80.2 cm³/mol. The molecule has 0 aliphatic rings. The summed E-state index contributed by atoms with van der Waals surface area (Å²) in [5.41, 5.74) is 0.391. The van der Waals surface area contributed by atoms with Gasteiger partial charge in [-0.2, -0.15) is 5.26 Å². The van der Waals surface area contributed by atoms with Crippen molar-refractivity contribution in [1.29, 1.82) is 5.26 Å². The SMILES string of the molecule is C=CCCC(=O)C(C#N)C(=O)Nc1ccc(OC)c(Cl)c1. The molecular formula is C15H15ClN2O3. The summed E-state index contributed by atoms with van der Waals surface area (Å²) in [5.74, 6) is -1.98. The van der Waals surface area contributed by atoms with Gasteiger partial charge in [0.15, 0.2) is 11.7 Å². The Labute approximate surface area is 128 Å². The van der Waals surface area contributed by atoms with Gasteiger partial charge in [-0.25, -0.2) is 0 Å². The topological polar surface area (TPSA) is 79.2 Å². The van der Waals surface area contributed by atoms with E-state index >= 15 is 0 Å². The Morgan fingerprint density at radius 1 is 1.57 bits per heavy atom. The van der Waals surface area contributed by atoms with Gasteiger partial charge in [0, 0.05) is 12.1 Å². The molecule has 0 heterocycles. The molecule has 0 saturated heterocycles. The van der Waals surface area contributed by atoms with E-state index in [1.54, 1.807) is 24.3 Å². The van der Waals surface area contributed by atoms with E-state index in [2.05, 4.69) is 11.9 Å². The van der Waals surface area contributed by atoms with Crippen molar-refractivity contribution in [1.82, 2.24) is 0 Å². The second-order valence-corrected chi connectivity index (χ2v) is 4.60. The van der Waals surface area contributed by atoms with Crippen LogP contribution in [-0.4, -0.2) is 18.8 Å². The third kappa shape index (κ3) is 4.62. The number of nitrogens with one attached hydrogen (secondary N) is 1. The fourth-order valence-corrected chi connectivity index (χ4v) is 1.88. The smallest absolute Gasteiger partial charge is 0.249 e. The van der Waals surface area contributed by atoms with Crippen molar-refractivity contribution in [3.63, 3.8) is 0 Å². The first-order valence-corrected chi connectivity index (χ1v) is 6.59. The maximum atomic E-state index is 12.0. The van der Waals surface area contributed by atoms with Crippen LogP contribution >= 0.6 is 11.6 Å². The molecule has 1 aromatic rings. The van der Waals surface area contributed by atoms with E-state index in [0.717, 1.165) is 0 Å². The monoisotopic (exact) mass is 306 g/mol. The van der Waals surface area contributed by atoms with Crippen molar-refractivity contribution in [2.45, 2.75) is 12.8 Å². The normalized spacial score (nSPS) is 11.1. The van der Waals surface area contributed by atoms with Crippen molar-refractivity contribution in [3.05, 3.63) is 35.9 Å². The number of nitriles is 1. The van der Waals surface area contributed by atoms with Crippen LogP contribution in [0.4, 0.5) is 5.69 Å². The van der Waals surface area contributed by atoms with E-state index in [1.165, 1.54) is 13.2 Å². The van der Waals surface area contributed by atoms with Gasteiger partial charge < -0.3 is 10.1 Å². The second kappa shape index (κ2) is 8.08. The zero-order chi connectivity index (χ0) is 15.8. The van der Waals surface area contributed by atoms with Crippen LogP contribution < -0.4 is 10.1 Å². The molecule has 0 aliphatic heterocycles. The van der Waals surface area contributed by atoms with Gasteiger partial charge in [0.1, 0.15) is 5.75 Å². The minimum atomic E-state index is -1.34. The molecule has 21 heavy (non-hydrogen) atoms. The third-order valence-electron chi connectivity index (χ3n) is 2.73. The first-order valence-electron chi connectivity index (χ1n) is 6.21. The first-order chi connectivity index (χ1) is 10.0. The fourth-order valence-electron chi connectivity index (χ4n) is 1.62. The molecule has 1 atom stereocenters. The number of ketones is 1. The number of benzene rings is 1. The van der Waals surface area contributed by atoms with Gasteiger partial charge in [0.2, 0.25) is 5.91 Å². The van der Waals surface area contributed by atoms with Gasteiger partial charge in [-0.05, 0) is 24.6 Å². The van der Waals surface area contributed by atoms with E-state index in [0.29, 0.717) is 22.9 Å². The Kier molecular flexibility index (Phi) is 6.44.